The summed E-state index contributed by atoms with van der Waals surface area (Å²) in [7, 11) is -3.98. The zero-order valence-corrected chi connectivity index (χ0v) is 19.2. The largest absolute Gasteiger partial charge is 0.328 e. The zero-order chi connectivity index (χ0) is 23.9. The van der Waals surface area contributed by atoms with Crippen molar-refractivity contribution < 1.29 is 17.6 Å². The van der Waals surface area contributed by atoms with E-state index in [0.717, 1.165) is 12.8 Å². The van der Waals surface area contributed by atoms with Gasteiger partial charge in [0.05, 0.1) is 10.9 Å². The lowest BCUT2D eigenvalue weighted by Crippen LogP contribution is -2.32. The lowest BCUT2D eigenvalue weighted by Gasteiger charge is -2.24. The first-order valence-corrected chi connectivity index (χ1v) is 12.3. The molecule has 5 rings (SSSR count). The van der Waals surface area contributed by atoms with E-state index in [1.165, 1.54) is 36.4 Å². The van der Waals surface area contributed by atoms with Crippen molar-refractivity contribution >= 4 is 27.3 Å². The van der Waals surface area contributed by atoms with Gasteiger partial charge in [0.2, 0.25) is 0 Å². The first-order valence-electron chi connectivity index (χ1n) is 10.8. The molecule has 34 heavy (non-hydrogen) atoms. The molecule has 0 bridgehead atoms. The number of anilines is 1. The molecule has 1 aliphatic heterocycles. The van der Waals surface area contributed by atoms with Gasteiger partial charge < -0.3 is 4.90 Å². The van der Waals surface area contributed by atoms with Crippen LogP contribution < -0.4 is 4.72 Å². The Balaban J connectivity index is 1.46. The highest BCUT2D eigenvalue weighted by Gasteiger charge is 2.34. The number of likely N-dealkylation sites (tertiary alicyclic amines) is 1. The number of sulfonamides is 1. The van der Waals surface area contributed by atoms with Crippen LogP contribution >= 0.6 is 0 Å². The van der Waals surface area contributed by atoms with Crippen molar-refractivity contribution in [3.8, 4) is 0 Å². The van der Waals surface area contributed by atoms with Crippen molar-refractivity contribution in [2.45, 2.75) is 30.7 Å². The SMILES string of the molecule is Cc1ccc(S(=O)(=O)Nc2ccc(F)cc2)cc1C(=O)N1CCC[C@@H]1c1nnc2ccccn12. The second-order valence-electron chi connectivity index (χ2n) is 8.23. The number of carbonyl (C=O) groups is 1. The second kappa shape index (κ2) is 8.53. The molecule has 4 aromatic rings. The number of pyridine rings is 1. The number of hydrogen-bond donors (Lipinski definition) is 1. The molecule has 1 N–H and O–H groups in total. The third-order valence-corrected chi connectivity index (χ3v) is 7.38. The van der Waals surface area contributed by atoms with Crippen LogP contribution in [0.2, 0.25) is 0 Å². The maximum Gasteiger partial charge on any atom is 0.261 e. The minimum atomic E-state index is -3.98. The third-order valence-electron chi connectivity index (χ3n) is 6.00. The molecule has 0 radical (unpaired) electrons. The molecule has 174 valence electrons. The predicted octanol–water partition coefficient (Wildman–Crippen LogP) is 3.95. The Kier molecular flexibility index (Phi) is 5.52. The summed E-state index contributed by atoms with van der Waals surface area (Å²) in [6, 6.07) is 14.8. The van der Waals surface area contributed by atoms with Crippen molar-refractivity contribution in [3.05, 3.63) is 89.6 Å². The van der Waals surface area contributed by atoms with Crippen LogP contribution in [0.1, 0.15) is 40.6 Å². The number of nitrogens with one attached hydrogen (secondary N) is 1. The molecule has 1 atom stereocenters. The van der Waals surface area contributed by atoms with E-state index >= 15 is 0 Å². The number of benzene rings is 2. The molecule has 0 unspecified atom stereocenters. The first-order chi connectivity index (χ1) is 16.3. The van der Waals surface area contributed by atoms with E-state index in [2.05, 4.69) is 14.9 Å². The number of halogens is 1. The van der Waals surface area contributed by atoms with Gasteiger partial charge in [-0.05, 0) is 73.9 Å². The quantitative estimate of drug-likeness (QED) is 0.468. The molecule has 2 aromatic carbocycles. The number of fused-ring (bicyclic) bond motifs is 1. The predicted molar refractivity (Wildman–Crippen MR) is 124 cm³/mol. The van der Waals surface area contributed by atoms with E-state index in [-0.39, 0.29) is 22.5 Å². The van der Waals surface area contributed by atoms with E-state index in [1.807, 2.05) is 28.8 Å². The summed E-state index contributed by atoms with van der Waals surface area (Å²) < 4.78 is 43.3. The highest BCUT2D eigenvalue weighted by molar-refractivity contribution is 7.92. The Morgan fingerprint density at radius 1 is 1.09 bits per heavy atom. The topological polar surface area (TPSA) is 96.7 Å². The summed E-state index contributed by atoms with van der Waals surface area (Å²) >= 11 is 0. The maximum atomic E-state index is 13.6. The maximum absolute atomic E-state index is 13.6. The van der Waals surface area contributed by atoms with Crippen LogP contribution in [0.4, 0.5) is 10.1 Å². The minimum Gasteiger partial charge on any atom is -0.328 e. The normalized spacial score (nSPS) is 16.2. The average molecular weight is 480 g/mol. The molecule has 0 spiro atoms. The van der Waals surface area contributed by atoms with Gasteiger partial charge >= 0.3 is 0 Å². The van der Waals surface area contributed by atoms with Gasteiger partial charge in [0.15, 0.2) is 11.5 Å². The Labute approximate surface area is 196 Å². The molecule has 8 nitrogen and oxygen atoms in total. The second-order valence-corrected chi connectivity index (χ2v) is 9.92. The zero-order valence-electron chi connectivity index (χ0n) is 18.3. The average Bonchev–Trinajstić information content (AvgIpc) is 3.47. The highest BCUT2D eigenvalue weighted by atomic mass is 32.2. The Morgan fingerprint density at radius 2 is 1.88 bits per heavy atom. The fourth-order valence-corrected chi connectivity index (χ4v) is 5.34. The standard InChI is InChI=1S/C24H22FN5O3S/c1-16-7-12-19(34(32,33)28-18-10-8-17(25)9-11-18)15-20(16)24(31)29-14-4-5-21(29)23-27-26-22-6-2-3-13-30(22)23/h2-3,6-13,15,21,28H,4-5,14H2,1H3/t21-/m1/s1. The third kappa shape index (κ3) is 4.01. The van der Waals surface area contributed by atoms with Crippen molar-refractivity contribution in [1.29, 1.82) is 0 Å². The molecule has 3 heterocycles. The van der Waals surface area contributed by atoms with Gasteiger partial charge in [0, 0.05) is 24.0 Å². The van der Waals surface area contributed by atoms with E-state index in [4.69, 9.17) is 0 Å². The number of carbonyl (C=O) groups excluding carboxylic acids is 1. The van der Waals surface area contributed by atoms with Gasteiger partial charge in [0.25, 0.3) is 15.9 Å². The van der Waals surface area contributed by atoms with Crippen LogP contribution in [0.25, 0.3) is 5.65 Å². The number of nitrogens with zero attached hydrogens (tertiary/aromatic N) is 4. The number of aryl methyl sites for hydroxylation is 1. The van der Waals surface area contributed by atoms with Crippen molar-refractivity contribution in [1.82, 2.24) is 19.5 Å². The molecule has 0 saturated carbocycles. The fraction of sp³-hybridized carbons (Fsp3) is 0.208. The monoisotopic (exact) mass is 479 g/mol. The lowest BCUT2D eigenvalue weighted by molar-refractivity contribution is 0.0728. The van der Waals surface area contributed by atoms with Crippen molar-refractivity contribution in [2.75, 3.05) is 11.3 Å². The van der Waals surface area contributed by atoms with Crippen LogP contribution in [-0.4, -0.2) is 40.4 Å². The first kappa shape index (κ1) is 22.0. The van der Waals surface area contributed by atoms with E-state index in [0.29, 0.717) is 29.1 Å². The van der Waals surface area contributed by atoms with Crippen LogP contribution in [0, 0.1) is 12.7 Å². The number of aromatic nitrogens is 3. The molecule has 0 aliphatic carbocycles. The summed E-state index contributed by atoms with van der Waals surface area (Å²) in [6.07, 6.45) is 3.41. The van der Waals surface area contributed by atoms with E-state index < -0.39 is 15.8 Å². The Morgan fingerprint density at radius 3 is 2.68 bits per heavy atom. The molecular weight excluding hydrogens is 457 g/mol. The van der Waals surface area contributed by atoms with E-state index in [9.17, 15) is 17.6 Å². The van der Waals surface area contributed by atoms with Crippen LogP contribution in [-0.2, 0) is 10.0 Å². The molecular formula is C24H22FN5O3S. The fourth-order valence-electron chi connectivity index (χ4n) is 4.25. The molecule has 1 aliphatic rings. The summed E-state index contributed by atoms with van der Waals surface area (Å²) in [5.41, 5.74) is 1.91. The molecule has 1 fully saturated rings. The number of amides is 1. The number of hydrogen-bond acceptors (Lipinski definition) is 5. The highest BCUT2D eigenvalue weighted by Crippen LogP contribution is 2.33. The molecule has 10 heteroatoms. The molecule has 1 amide bonds. The molecule has 2 aromatic heterocycles. The van der Waals surface area contributed by atoms with Gasteiger partial charge in [-0.1, -0.05) is 12.1 Å². The minimum absolute atomic E-state index is 0.0468. The van der Waals surface area contributed by atoms with Gasteiger partial charge in [-0.2, -0.15) is 0 Å². The van der Waals surface area contributed by atoms with Crippen LogP contribution in [0.5, 0.6) is 0 Å². The number of rotatable bonds is 5. The van der Waals surface area contributed by atoms with Crippen molar-refractivity contribution in [2.24, 2.45) is 0 Å². The van der Waals surface area contributed by atoms with Gasteiger partial charge in [-0.3, -0.25) is 13.9 Å². The van der Waals surface area contributed by atoms with Crippen molar-refractivity contribution in [3.63, 3.8) is 0 Å². The van der Waals surface area contributed by atoms with Crippen LogP contribution in [0.3, 0.4) is 0 Å². The summed E-state index contributed by atoms with van der Waals surface area (Å²) in [5, 5.41) is 8.53. The Hall–Kier alpha value is -3.79. The van der Waals surface area contributed by atoms with Crippen LogP contribution in [0.15, 0.2) is 71.8 Å². The van der Waals surface area contributed by atoms with Gasteiger partial charge in [-0.15, -0.1) is 10.2 Å². The Bertz CT molecular complexity index is 1480. The summed E-state index contributed by atoms with van der Waals surface area (Å²) in [6.45, 7) is 2.31. The van der Waals surface area contributed by atoms with Gasteiger partial charge in [-0.25, -0.2) is 12.8 Å². The van der Waals surface area contributed by atoms with E-state index in [1.54, 1.807) is 17.9 Å². The lowest BCUT2D eigenvalue weighted by atomic mass is 10.1. The summed E-state index contributed by atoms with van der Waals surface area (Å²) in [5.74, 6) is -0.0424. The smallest absolute Gasteiger partial charge is 0.261 e. The van der Waals surface area contributed by atoms with Gasteiger partial charge in [0.1, 0.15) is 5.82 Å². The summed E-state index contributed by atoms with van der Waals surface area (Å²) in [4.78, 5) is 15.3. The molecule has 1 saturated heterocycles.